The Labute approximate surface area is 124 Å². The predicted octanol–water partition coefficient (Wildman–Crippen LogP) is 1.30. The Kier molecular flexibility index (Phi) is 3.77. The Morgan fingerprint density at radius 2 is 1.95 bits per heavy atom. The Balaban J connectivity index is 1.59. The maximum atomic E-state index is 11.9. The number of hydrogen-bond acceptors (Lipinski definition) is 4. The number of hydrogen-bond donors (Lipinski definition) is 1. The molecule has 6 nitrogen and oxygen atoms in total. The van der Waals surface area contributed by atoms with Gasteiger partial charge >= 0.3 is 6.03 Å². The zero-order valence-electron chi connectivity index (χ0n) is 12.2. The number of aryl methyl sites for hydroxylation is 1. The number of nitrogens with zero attached hydrogens (tertiary/aromatic N) is 3. The van der Waals surface area contributed by atoms with Gasteiger partial charge in [-0.05, 0) is 31.4 Å². The van der Waals surface area contributed by atoms with Crippen molar-refractivity contribution in [3.8, 4) is 0 Å². The second-order valence-electron chi connectivity index (χ2n) is 5.71. The van der Waals surface area contributed by atoms with Crippen LogP contribution >= 0.6 is 0 Å². The number of carbonyl (C=O) groups is 2. The van der Waals surface area contributed by atoms with E-state index in [1.165, 1.54) is 0 Å². The van der Waals surface area contributed by atoms with Crippen molar-refractivity contribution >= 4 is 17.8 Å². The topological polar surface area (TPSA) is 65.5 Å². The highest BCUT2D eigenvalue weighted by molar-refractivity contribution is 5.96. The van der Waals surface area contributed by atoms with Crippen molar-refractivity contribution in [2.45, 2.75) is 32.2 Å². The molecule has 2 aliphatic rings. The van der Waals surface area contributed by atoms with E-state index in [-0.39, 0.29) is 18.0 Å². The summed E-state index contributed by atoms with van der Waals surface area (Å²) in [5, 5.41) is 2.40. The van der Waals surface area contributed by atoms with Crippen LogP contribution in [0.15, 0.2) is 18.3 Å². The summed E-state index contributed by atoms with van der Waals surface area (Å²) in [5.41, 5.74) is 1.16. The summed E-state index contributed by atoms with van der Waals surface area (Å²) >= 11 is 0. The second-order valence-corrected chi connectivity index (χ2v) is 5.71. The summed E-state index contributed by atoms with van der Waals surface area (Å²) in [6.07, 6.45) is 4.12. The van der Waals surface area contributed by atoms with Crippen molar-refractivity contribution in [1.29, 1.82) is 0 Å². The molecule has 0 aliphatic carbocycles. The zero-order chi connectivity index (χ0) is 14.8. The van der Waals surface area contributed by atoms with Gasteiger partial charge in [-0.2, -0.15) is 0 Å². The molecule has 112 valence electrons. The van der Waals surface area contributed by atoms with E-state index in [9.17, 15) is 9.59 Å². The number of pyridine rings is 1. The maximum absolute atomic E-state index is 11.9. The molecule has 0 saturated carbocycles. The number of rotatable bonds is 2. The zero-order valence-corrected chi connectivity index (χ0v) is 12.2. The molecule has 0 aromatic carbocycles. The van der Waals surface area contributed by atoms with Gasteiger partial charge in [0.05, 0.1) is 0 Å². The molecule has 21 heavy (non-hydrogen) atoms. The van der Waals surface area contributed by atoms with Crippen molar-refractivity contribution in [3.63, 3.8) is 0 Å². The van der Waals surface area contributed by atoms with Crippen LogP contribution < -0.4 is 10.2 Å². The SMILES string of the molecule is Cc1ccc(N2CCC(N3CCC(=O)NC3=O)CC2)nc1. The molecule has 0 radical (unpaired) electrons. The molecule has 1 aromatic rings. The molecule has 2 aliphatic heterocycles. The Bertz CT molecular complexity index is 535. The van der Waals surface area contributed by atoms with Gasteiger partial charge in [0.1, 0.15) is 5.82 Å². The van der Waals surface area contributed by atoms with E-state index in [4.69, 9.17) is 0 Å². The molecule has 0 bridgehead atoms. The number of aromatic nitrogens is 1. The van der Waals surface area contributed by atoms with Crippen molar-refractivity contribution in [3.05, 3.63) is 23.9 Å². The number of imide groups is 1. The Morgan fingerprint density at radius 3 is 2.57 bits per heavy atom. The predicted molar refractivity (Wildman–Crippen MR) is 79.1 cm³/mol. The van der Waals surface area contributed by atoms with E-state index in [0.717, 1.165) is 37.3 Å². The van der Waals surface area contributed by atoms with E-state index >= 15 is 0 Å². The highest BCUT2D eigenvalue weighted by Crippen LogP contribution is 2.22. The normalized spacial score (nSPS) is 20.6. The monoisotopic (exact) mass is 288 g/mol. The van der Waals surface area contributed by atoms with Crippen LogP contribution in [-0.2, 0) is 4.79 Å². The van der Waals surface area contributed by atoms with Crippen LogP contribution in [0, 0.1) is 6.92 Å². The van der Waals surface area contributed by atoms with Gasteiger partial charge in [-0.1, -0.05) is 6.07 Å². The fourth-order valence-corrected chi connectivity index (χ4v) is 2.98. The van der Waals surface area contributed by atoms with Crippen LogP contribution in [0.2, 0.25) is 0 Å². The molecule has 0 unspecified atom stereocenters. The van der Waals surface area contributed by atoms with Gasteiger partial charge in [-0.3, -0.25) is 10.1 Å². The fraction of sp³-hybridized carbons (Fsp3) is 0.533. The Morgan fingerprint density at radius 1 is 1.19 bits per heavy atom. The van der Waals surface area contributed by atoms with Crippen LogP contribution in [0.1, 0.15) is 24.8 Å². The maximum Gasteiger partial charge on any atom is 0.324 e. The van der Waals surface area contributed by atoms with Crippen molar-refractivity contribution < 1.29 is 9.59 Å². The van der Waals surface area contributed by atoms with Gasteiger partial charge in [0.2, 0.25) is 5.91 Å². The third kappa shape index (κ3) is 2.99. The fourth-order valence-electron chi connectivity index (χ4n) is 2.98. The first-order chi connectivity index (χ1) is 10.1. The minimum atomic E-state index is -0.238. The van der Waals surface area contributed by atoms with Crippen LogP contribution in [0.3, 0.4) is 0 Å². The van der Waals surface area contributed by atoms with Gasteiger partial charge in [-0.15, -0.1) is 0 Å². The highest BCUT2D eigenvalue weighted by atomic mass is 16.2. The number of piperidine rings is 1. The molecule has 3 heterocycles. The summed E-state index contributed by atoms with van der Waals surface area (Å²) in [6, 6.07) is 4.10. The van der Waals surface area contributed by atoms with Crippen LogP contribution in [-0.4, -0.2) is 47.5 Å². The van der Waals surface area contributed by atoms with Crippen molar-refractivity contribution in [2.75, 3.05) is 24.5 Å². The van der Waals surface area contributed by atoms with E-state index in [1.807, 2.05) is 19.2 Å². The molecule has 3 amide bonds. The number of amides is 3. The summed E-state index contributed by atoms with van der Waals surface area (Å²) in [4.78, 5) is 31.6. The summed E-state index contributed by atoms with van der Waals surface area (Å²) < 4.78 is 0. The molecule has 3 rings (SSSR count). The lowest BCUT2D eigenvalue weighted by Crippen LogP contribution is -2.56. The molecule has 0 spiro atoms. The van der Waals surface area contributed by atoms with Gasteiger partial charge in [-0.25, -0.2) is 9.78 Å². The molecule has 0 atom stereocenters. The molecule has 2 fully saturated rings. The first kappa shape index (κ1) is 13.9. The van der Waals surface area contributed by atoms with E-state index in [2.05, 4.69) is 21.3 Å². The average molecular weight is 288 g/mol. The van der Waals surface area contributed by atoms with Gasteiger partial charge in [0.15, 0.2) is 0 Å². The summed E-state index contributed by atoms with van der Waals surface area (Å²) in [5.74, 6) is 0.829. The largest absolute Gasteiger partial charge is 0.356 e. The van der Waals surface area contributed by atoms with Gasteiger partial charge in [0, 0.05) is 38.3 Å². The second kappa shape index (κ2) is 5.71. The lowest BCUT2D eigenvalue weighted by Gasteiger charge is -2.40. The molecule has 6 heteroatoms. The lowest BCUT2D eigenvalue weighted by atomic mass is 10.0. The smallest absolute Gasteiger partial charge is 0.324 e. The first-order valence-corrected chi connectivity index (χ1v) is 7.41. The number of carbonyl (C=O) groups excluding carboxylic acids is 2. The highest BCUT2D eigenvalue weighted by Gasteiger charge is 2.31. The van der Waals surface area contributed by atoms with Crippen LogP contribution in [0.5, 0.6) is 0 Å². The summed E-state index contributed by atoms with van der Waals surface area (Å²) in [6.45, 7) is 4.34. The third-order valence-electron chi connectivity index (χ3n) is 4.21. The van der Waals surface area contributed by atoms with E-state index in [1.54, 1.807) is 4.90 Å². The first-order valence-electron chi connectivity index (χ1n) is 7.41. The molecule has 2 saturated heterocycles. The third-order valence-corrected chi connectivity index (χ3v) is 4.21. The molecular weight excluding hydrogens is 268 g/mol. The van der Waals surface area contributed by atoms with Gasteiger partial charge < -0.3 is 9.80 Å². The molecule has 1 aromatic heterocycles. The standard InChI is InChI=1S/C15H20N4O2/c1-11-2-3-13(16-10-11)18-7-4-12(5-8-18)19-9-6-14(20)17-15(19)21/h2-3,10,12H,4-9H2,1H3,(H,17,20,21). The Hall–Kier alpha value is -2.11. The molecular formula is C15H20N4O2. The number of nitrogens with one attached hydrogen (secondary N) is 1. The van der Waals surface area contributed by atoms with E-state index < -0.39 is 0 Å². The average Bonchev–Trinajstić information content (AvgIpc) is 2.48. The number of urea groups is 1. The quantitative estimate of drug-likeness (QED) is 0.891. The van der Waals surface area contributed by atoms with Crippen molar-refractivity contribution in [2.24, 2.45) is 0 Å². The minimum Gasteiger partial charge on any atom is -0.356 e. The molecule has 1 N–H and O–H groups in total. The van der Waals surface area contributed by atoms with Crippen LogP contribution in [0.25, 0.3) is 0 Å². The van der Waals surface area contributed by atoms with E-state index in [0.29, 0.717) is 13.0 Å². The number of anilines is 1. The minimum absolute atomic E-state index is 0.169. The van der Waals surface area contributed by atoms with Crippen LogP contribution in [0.4, 0.5) is 10.6 Å². The van der Waals surface area contributed by atoms with Gasteiger partial charge in [0.25, 0.3) is 0 Å². The lowest BCUT2D eigenvalue weighted by molar-refractivity contribution is -0.121. The van der Waals surface area contributed by atoms with Crippen molar-refractivity contribution in [1.82, 2.24) is 15.2 Å². The summed E-state index contributed by atoms with van der Waals surface area (Å²) in [7, 11) is 0.